The third kappa shape index (κ3) is 16.5. The van der Waals surface area contributed by atoms with E-state index in [-0.39, 0.29) is 70.5 Å². The molecule has 21 heteroatoms. The van der Waals surface area contributed by atoms with E-state index in [1.165, 1.54) is 31.3 Å². The largest absolute Gasteiger partial charge is 0.508 e. The highest BCUT2D eigenvalue weighted by Gasteiger charge is 2.45. The second kappa shape index (κ2) is 29.7. The van der Waals surface area contributed by atoms with Crippen molar-refractivity contribution in [2.75, 3.05) is 40.4 Å². The van der Waals surface area contributed by atoms with Crippen LogP contribution in [0.25, 0.3) is 10.8 Å². The Kier molecular flexibility index (Phi) is 21.5. The van der Waals surface area contributed by atoms with Crippen molar-refractivity contribution in [3.63, 3.8) is 0 Å². The van der Waals surface area contributed by atoms with Crippen LogP contribution in [0.15, 0.2) is 140 Å². The summed E-state index contributed by atoms with van der Waals surface area (Å²) in [6, 6.07) is 32.2. The van der Waals surface area contributed by atoms with Gasteiger partial charge in [0, 0.05) is 50.6 Å². The summed E-state index contributed by atoms with van der Waals surface area (Å²) in [4.78, 5) is 105. The Labute approximate surface area is 487 Å². The van der Waals surface area contributed by atoms with Gasteiger partial charge in [0.25, 0.3) is 0 Å². The van der Waals surface area contributed by atoms with Crippen molar-refractivity contribution in [2.24, 2.45) is 11.5 Å². The smallest absolute Gasteiger partial charge is 0.407 e. The van der Waals surface area contributed by atoms with Gasteiger partial charge in [0.15, 0.2) is 0 Å². The number of fused-ring (bicyclic) bond motifs is 2. The second-order valence-electron chi connectivity index (χ2n) is 20.8. The zero-order valence-electron chi connectivity index (χ0n) is 47.1. The van der Waals surface area contributed by atoms with Gasteiger partial charge in [-0.15, -0.1) is 0 Å². The third-order valence-corrected chi connectivity index (χ3v) is 14.8. The van der Waals surface area contributed by atoms with Crippen LogP contribution >= 0.6 is 0 Å². The number of carbonyl (C=O) groups is 7. The molecule has 0 aliphatic carbocycles. The van der Waals surface area contributed by atoms with Gasteiger partial charge in [-0.2, -0.15) is 0 Å². The van der Waals surface area contributed by atoms with Gasteiger partial charge in [0.2, 0.25) is 35.4 Å². The predicted molar refractivity (Wildman–Crippen MR) is 314 cm³/mol. The van der Waals surface area contributed by atoms with Crippen LogP contribution in [0.1, 0.15) is 53.5 Å². The van der Waals surface area contributed by atoms with Crippen LogP contribution in [0.2, 0.25) is 0 Å². The summed E-state index contributed by atoms with van der Waals surface area (Å²) in [5.41, 5.74) is 14.8. The van der Waals surface area contributed by atoms with E-state index in [1.54, 1.807) is 84.9 Å². The summed E-state index contributed by atoms with van der Waals surface area (Å²) in [5.74, 6) is -3.24. The number of rotatable bonds is 20. The minimum Gasteiger partial charge on any atom is -0.508 e. The first-order valence-electron chi connectivity index (χ1n) is 28.1. The molecule has 11 N–H and O–H groups in total. The molecule has 442 valence electrons. The van der Waals surface area contributed by atoms with Gasteiger partial charge in [-0.3, -0.25) is 28.8 Å². The number of aromatic hydroxyl groups is 1. The summed E-state index contributed by atoms with van der Waals surface area (Å²) in [6.07, 6.45) is -1.77. The molecule has 2 fully saturated rings. The first kappa shape index (κ1) is 60.9. The number of ether oxygens (including phenoxy) is 4. The molecule has 2 aliphatic heterocycles. The van der Waals surface area contributed by atoms with Crippen LogP contribution < -0.4 is 57.6 Å². The highest BCUT2D eigenvalue weighted by atomic mass is 16.6. The minimum absolute atomic E-state index is 0.0521. The maximum atomic E-state index is 15.4. The van der Waals surface area contributed by atoms with E-state index in [0.717, 1.165) is 10.9 Å². The second-order valence-corrected chi connectivity index (χ2v) is 20.8. The number of carbonyl (C=O) groups excluding carboxylic acids is 7. The van der Waals surface area contributed by atoms with Crippen molar-refractivity contribution in [2.45, 2.75) is 100 Å². The van der Waals surface area contributed by atoms with E-state index >= 15 is 28.8 Å². The molecule has 0 bridgehead atoms. The van der Waals surface area contributed by atoms with E-state index in [2.05, 4.69) is 31.9 Å². The van der Waals surface area contributed by atoms with E-state index in [0.29, 0.717) is 64.3 Å². The van der Waals surface area contributed by atoms with E-state index in [1.807, 2.05) is 42.5 Å². The van der Waals surface area contributed by atoms with Crippen molar-refractivity contribution >= 4 is 52.3 Å². The topological polar surface area (TPSA) is 304 Å². The quantitative estimate of drug-likeness (QED) is 0.0494. The van der Waals surface area contributed by atoms with E-state index < -0.39 is 83.9 Å². The molecule has 0 saturated carbocycles. The molecular formula is C63H73N9O12. The molecule has 6 aromatic rings. The molecule has 2 saturated heterocycles. The number of phenols is 1. The van der Waals surface area contributed by atoms with Crippen LogP contribution in [0.4, 0.5) is 4.79 Å². The molecule has 6 aromatic carbocycles. The lowest BCUT2D eigenvalue weighted by Gasteiger charge is -2.32. The van der Waals surface area contributed by atoms with Crippen LogP contribution in [0.5, 0.6) is 23.0 Å². The maximum absolute atomic E-state index is 15.4. The number of nitrogens with one attached hydrogen (secondary N) is 6. The Hall–Kier alpha value is -9.21. The van der Waals surface area contributed by atoms with Crippen LogP contribution in [0.3, 0.4) is 0 Å². The zero-order valence-corrected chi connectivity index (χ0v) is 47.1. The van der Waals surface area contributed by atoms with Gasteiger partial charge in [0.05, 0.1) is 20.8 Å². The number of alkyl carbamates (subject to hydrolysis) is 1. The normalized spacial score (nSPS) is 20.7. The Bertz CT molecular complexity index is 3230. The van der Waals surface area contributed by atoms with Gasteiger partial charge in [0.1, 0.15) is 72.0 Å². The Morgan fingerprint density at radius 2 is 1.13 bits per heavy atom. The SMILES string of the molecule is COc1cc2cccc(OC)c2cc1C[C@H]1NC(=O)[C@H](Cc2ccc(O)cc2)NC(=O)[C@@H]2C[C@@H](OC(=O)NCCN)CN2C(=O)[C@H](Cc2ccccc2)NC(=O)[C@H](Cc2ccc(OCc3ccccc3)cc2)NC(=O)[C@H](CCCCN)NC1=O. The average molecular weight is 1150 g/mol. The molecule has 0 aromatic heterocycles. The predicted octanol–water partition coefficient (Wildman–Crippen LogP) is 3.63. The molecule has 84 heavy (non-hydrogen) atoms. The summed E-state index contributed by atoms with van der Waals surface area (Å²) in [5, 5.41) is 28.7. The summed E-state index contributed by atoms with van der Waals surface area (Å²) >= 11 is 0. The number of nitrogens with two attached hydrogens (primary N) is 2. The molecule has 2 aliphatic rings. The number of nitrogens with zero attached hydrogens (tertiary/aromatic N) is 1. The molecule has 8 rings (SSSR count). The van der Waals surface area contributed by atoms with Crippen molar-refractivity contribution in [3.05, 3.63) is 167 Å². The monoisotopic (exact) mass is 1150 g/mol. The number of hydrogen-bond acceptors (Lipinski definition) is 14. The fourth-order valence-electron chi connectivity index (χ4n) is 10.4. The fraction of sp³-hybridized carbons (Fsp3) is 0.349. The molecule has 7 atom stereocenters. The van der Waals surface area contributed by atoms with E-state index in [4.69, 9.17) is 30.4 Å². The van der Waals surface area contributed by atoms with Crippen molar-refractivity contribution < 1.29 is 57.6 Å². The van der Waals surface area contributed by atoms with Gasteiger partial charge < -0.3 is 72.3 Å². The highest BCUT2D eigenvalue weighted by molar-refractivity contribution is 5.99. The van der Waals surface area contributed by atoms with Crippen LogP contribution in [-0.4, -0.2) is 134 Å². The van der Waals surface area contributed by atoms with Gasteiger partial charge in [-0.25, -0.2) is 4.79 Å². The van der Waals surface area contributed by atoms with Crippen molar-refractivity contribution in [1.82, 2.24) is 36.8 Å². The lowest BCUT2D eigenvalue weighted by atomic mass is 9.97. The van der Waals surface area contributed by atoms with E-state index in [9.17, 15) is 9.90 Å². The fourth-order valence-corrected chi connectivity index (χ4v) is 10.4. The molecule has 0 unspecified atom stereocenters. The van der Waals surface area contributed by atoms with Crippen molar-refractivity contribution in [1.29, 1.82) is 0 Å². The third-order valence-electron chi connectivity index (χ3n) is 14.8. The Morgan fingerprint density at radius 1 is 0.583 bits per heavy atom. The molecule has 0 spiro atoms. The first-order valence-corrected chi connectivity index (χ1v) is 28.1. The van der Waals surface area contributed by atoms with Crippen LogP contribution in [0, 0.1) is 0 Å². The molecule has 7 amide bonds. The van der Waals surface area contributed by atoms with Gasteiger partial charge in [-0.05, 0) is 101 Å². The summed E-state index contributed by atoms with van der Waals surface area (Å²) in [6.45, 7) is 0.473. The standard InChI is InChI=1S/C63H73N9O12/c1-81-55-18-11-16-43-35-56(82-2)44(33-48(43)55)34-52-60(77)67-49(17-9-10-27-64)57(74)68-50(31-41-21-25-46(26-22-41)83-38-42-14-7-4-8-15-42)59(76)71-53(32-39-12-5-3-6-13-39)62(79)72-37-47(84-63(80)66-29-28-65)36-54(72)61(78)70-51(58(75)69-52)30-40-19-23-45(73)24-20-40/h3-8,11-16,18-26,33,35,47,49-54,73H,9-10,17,27-32,34,36-38,64-65H2,1-2H3,(H,66,80)(H,67,77)(H,68,74)(H,69,75)(H,70,78)(H,71,76)/t47-,49+,50+,51+,52-,53+,54+/m1/s1. The molecule has 2 heterocycles. The zero-order chi connectivity index (χ0) is 59.5. The first-order chi connectivity index (χ1) is 40.7. The minimum atomic E-state index is -1.46. The maximum Gasteiger partial charge on any atom is 0.407 e. The lowest BCUT2D eigenvalue weighted by molar-refractivity contribution is -0.143. The van der Waals surface area contributed by atoms with Gasteiger partial charge in [-0.1, -0.05) is 97.1 Å². The van der Waals surface area contributed by atoms with Gasteiger partial charge >= 0.3 is 6.09 Å². The summed E-state index contributed by atoms with van der Waals surface area (Å²) < 4.78 is 23.4. The Morgan fingerprint density at radius 3 is 1.75 bits per heavy atom. The number of phenolic OH excluding ortho intramolecular Hbond substituents is 1. The average Bonchev–Trinajstić information content (AvgIpc) is 2.84. The highest BCUT2D eigenvalue weighted by Crippen LogP contribution is 2.33. The van der Waals surface area contributed by atoms with Crippen LogP contribution in [-0.2, 0) is 65.8 Å². The van der Waals surface area contributed by atoms with Crippen molar-refractivity contribution in [3.8, 4) is 23.0 Å². The number of hydrogen-bond donors (Lipinski definition) is 9. The number of benzene rings is 6. The molecular weight excluding hydrogens is 1070 g/mol. The number of unbranched alkanes of at least 4 members (excludes halogenated alkanes) is 1. The Balaban J connectivity index is 1.22. The molecule has 0 radical (unpaired) electrons. The molecule has 21 nitrogen and oxygen atoms in total. The number of methoxy groups -OCH3 is 2. The lowest BCUT2D eigenvalue weighted by Crippen LogP contribution is -2.62. The number of amides is 7. The summed E-state index contributed by atoms with van der Waals surface area (Å²) in [7, 11) is 3.00.